The van der Waals surface area contributed by atoms with Crippen LogP contribution in [-0.4, -0.2) is 52.1 Å². The Labute approximate surface area is 229 Å². The van der Waals surface area contributed by atoms with Gasteiger partial charge >= 0.3 is 12.4 Å². The molecule has 3 aromatic rings. The standard InChI is InChI=1S/C25H24Cl2F6N4O2/c1-36-20-10-19(37-6-2-3-15(12-37)24(28,29)30)17(27)9-18(20)35-21(36)8-14-7-13(4-5-16(14)26)11-34-23(39)22(38)25(31,32)33/h4-5,7,9-10,15,22,38H,2-3,6,8,11-12H2,1H3,(H,34,39). The van der Waals surface area contributed by atoms with Gasteiger partial charge in [0, 0.05) is 38.1 Å². The number of hydrogen-bond acceptors (Lipinski definition) is 4. The van der Waals surface area contributed by atoms with Crippen LogP contribution >= 0.6 is 23.2 Å². The van der Waals surface area contributed by atoms with E-state index in [1.807, 2.05) is 5.32 Å². The molecule has 1 aliphatic rings. The van der Waals surface area contributed by atoms with E-state index in [-0.39, 0.29) is 31.0 Å². The molecule has 1 fully saturated rings. The molecule has 0 aliphatic carbocycles. The molecule has 212 valence electrons. The van der Waals surface area contributed by atoms with E-state index in [0.717, 1.165) is 0 Å². The summed E-state index contributed by atoms with van der Waals surface area (Å²) in [6.07, 6.45) is -11.8. The van der Waals surface area contributed by atoms with Gasteiger partial charge in [-0.3, -0.25) is 4.79 Å². The van der Waals surface area contributed by atoms with Crippen LogP contribution in [0.3, 0.4) is 0 Å². The average Bonchev–Trinajstić information content (AvgIpc) is 3.16. The number of amides is 1. The summed E-state index contributed by atoms with van der Waals surface area (Å²) in [5.41, 5.74) is 2.70. The predicted molar refractivity (Wildman–Crippen MR) is 135 cm³/mol. The molecule has 39 heavy (non-hydrogen) atoms. The fourth-order valence-corrected chi connectivity index (χ4v) is 5.06. The largest absolute Gasteiger partial charge is 0.423 e. The number of aryl methyl sites for hydroxylation is 1. The van der Waals surface area contributed by atoms with E-state index in [1.165, 1.54) is 12.1 Å². The lowest BCUT2D eigenvalue weighted by Gasteiger charge is -2.35. The highest BCUT2D eigenvalue weighted by Gasteiger charge is 2.43. The van der Waals surface area contributed by atoms with Crippen LogP contribution in [-0.2, 0) is 24.8 Å². The Balaban J connectivity index is 1.55. The molecule has 1 aromatic heterocycles. The van der Waals surface area contributed by atoms with Gasteiger partial charge in [0.15, 0.2) is 0 Å². The van der Waals surface area contributed by atoms with Gasteiger partial charge in [0.25, 0.3) is 5.91 Å². The number of fused-ring (bicyclic) bond motifs is 1. The summed E-state index contributed by atoms with van der Waals surface area (Å²) in [7, 11) is 1.74. The van der Waals surface area contributed by atoms with Gasteiger partial charge in [-0.25, -0.2) is 4.98 Å². The second-order valence-electron chi connectivity index (χ2n) is 9.47. The molecule has 1 amide bonds. The van der Waals surface area contributed by atoms with Crippen molar-refractivity contribution in [2.24, 2.45) is 13.0 Å². The predicted octanol–water partition coefficient (Wildman–Crippen LogP) is 5.79. The summed E-state index contributed by atoms with van der Waals surface area (Å²) in [6.45, 7) is -0.00771. The number of nitrogens with one attached hydrogen (secondary N) is 1. The van der Waals surface area contributed by atoms with Crippen LogP contribution in [0, 0.1) is 5.92 Å². The lowest BCUT2D eigenvalue weighted by Crippen LogP contribution is -2.43. The Morgan fingerprint density at radius 2 is 1.87 bits per heavy atom. The first kappa shape index (κ1) is 29.3. The van der Waals surface area contributed by atoms with Gasteiger partial charge in [-0.2, -0.15) is 26.3 Å². The highest BCUT2D eigenvalue weighted by Crippen LogP contribution is 2.38. The zero-order chi connectivity index (χ0) is 28.7. The second kappa shape index (κ2) is 11.1. The normalized spacial score (nSPS) is 17.5. The Bertz CT molecular complexity index is 1380. The highest BCUT2D eigenvalue weighted by atomic mass is 35.5. The number of imidazole rings is 1. The SMILES string of the molecule is Cn1c(Cc2cc(CNC(=O)C(O)C(F)(F)F)ccc2Cl)nc2cc(Cl)c(N3CCCC(C(F)(F)F)C3)cc21. The molecular formula is C25H24Cl2F6N4O2. The van der Waals surface area contributed by atoms with Gasteiger partial charge in [-0.05, 0) is 42.2 Å². The molecule has 2 heterocycles. The second-order valence-corrected chi connectivity index (χ2v) is 10.3. The molecule has 1 aliphatic heterocycles. The first-order chi connectivity index (χ1) is 18.1. The molecule has 2 unspecified atom stereocenters. The first-order valence-electron chi connectivity index (χ1n) is 11.9. The van der Waals surface area contributed by atoms with Crippen LogP contribution in [0.15, 0.2) is 30.3 Å². The van der Waals surface area contributed by atoms with E-state index < -0.39 is 30.3 Å². The van der Waals surface area contributed by atoms with Crippen molar-refractivity contribution >= 4 is 45.8 Å². The van der Waals surface area contributed by atoms with Crippen molar-refractivity contribution in [3.63, 3.8) is 0 Å². The summed E-state index contributed by atoms with van der Waals surface area (Å²) in [5, 5.41) is 11.7. The van der Waals surface area contributed by atoms with Gasteiger partial charge in [0.1, 0.15) is 5.82 Å². The number of carbonyl (C=O) groups excluding carboxylic acids is 1. The molecule has 0 spiro atoms. The van der Waals surface area contributed by atoms with Crippen molar-refractivity contribution in [2.45, 2.75) is 44.3 Å². The number of hydrogen-bond donors (Lipinski definition) is 2. The molecule has 0 saturated carbocycles. The van der Waals surface area contributed by atoms with E-state index in [4.69, 9.17) is 28.3 Å². The number of carbonyl (C=O) groups is 1. The van der Waals surface area contributed by atoms with Crippen molar-refractivity contribution in [2.75, 3.05) is 18.0 Å². The summed E-state index contributed by atoms with van der Waals surface area (Å²) >= 11 is 12.8. The molecule has 1 saturated heterocycles. The summed E-state index contributed by atoms with van der Waals surface area (Å²) in [6, 6.07) is 7.98. The van der Waals surface area contributed by atoms with Crippen molar-refractivity contribution in [1.82, 2.24) is 14.9 Å². The molecule has 0 bridgehead atoms. The lowest BCUT2D eigenvalue weighted by molar-refractivity contribution is -0.205. The Morgan fingerprint density at radius 3 is 2.54 bits per heavy atom. The van der Waals surface area contributed by atoms with E-state index in [0.29, 0.717) is 51.7 Å². The molecule has 6 nitrogen and oxygen atoms in total. The topological polar surface area (TPSA) is 70.4 Å². The van der Waals surface area contributed by atoms with Crippen molar-refractivity contribution in [3.05, 3.63) is 57.3 Å². The van der Waals surface area contributed by atoms with E-state index in [1.54, 1.807) is 34.7 Å². The number of anilines is 1. The minimum atomic E-state index is -5.08. The van der Waals surface area contributed by atoms with Crippen molar-refractivity contribution < 1.29 is 36.2 Å². The van der Waals surface area contributed by atoms with Crippen LogP contribution in [0.5, 0.6) is 0 Å². The number of halogens is 8. The van der Waals surface area contributed by atoms with Gasteiger partial charge in [0.2, 0.25) is 6.10 Å². The number of aromatic nitrogens is 2. The number of alkyl halides is 6. The highest BCUT2D eigenvalue weighted by molar-refractivity contribution is 6.34. The zero-order valence-electron chi connectivity index (χ0n) is 20.5. The van der Waals surface area contributed by atoms with Crippen LogP contribution in [0.1, 0.15) is 29.8 Å². The maximum absolute atomic E-state index is 13.3. The van der Waals surface area contributed by atoms with E-state index in [2.05, 4.69) is 4.98 Å². The van der Waals surface area contributed by atoms with Crippen LogP contribution in [0.4, 0.5) is 32.0 Å². The molecule has 14 heteroatoms. The van der Waals surface area contributed by atoms with E-state index in [9.17, 15) is 31.1 Å². The van der Waals surface area contributed by atoms with Crippen molar-refractivity contribution in [3.8, 4) is 0 Å². The minimum Gasteiger partial charge on any atom is -0.376 e. The Kier molecular flexibility index (Phi) is 8.30. The molecule has 2 aromatic carbocycles. The third-order valence-electron chi connectivity index (χ3n) is 6.75. The third kappa shape index (κ3) is 6.55. The number of aliphatic hydroxyl groups is 1. The monoisotopic (exact) mass is 596 g/mol. The zero-order valence-corrected chi connectivity index (χ0v) is 22.0. The minimum absolute atomic E-state index is 0.0716. The number of aliphatic hydroxyl groups excluding tert-OH is 1. The fourth-order valence-electron chi connectivity index (χ4n) is 4.59. The number of nitrogens with zero attached hydrogens (tertiary/aromatic N) is 3. The molecule has 4 rings (SSSR count). The Morgan fingerprint density at radius 1 is 1.15 bits per heavy atom. The summed E-state index contributed by atoms with van der Waals surface area (Å²) < 4.78 is 79.4. The lowest BCUT2D eigenvalue weighted by atomic mass is 9.97. The van der Waals surface area contributed by atoms with Crippen LogP contribution in [0.25, 0.3) is 11.0 Å². The summed E-state index contributed by atoms with van der Waals surface area (Å²) in [5.74, 6) is -2.45. The first-order valence-corrected chi connectivity index (χ1v) is 12.7. The van der Waals surface area contributed by atoms with Gasteiger partial charge in [0.05, 0.1) is 27.7 Å². The van der Waals surface area contributed by atoms with Gasteiger partial charge in [-0.15, -0.1) is 0 Å². The Hall–Kier alpha value is -2.70. The van der Waals surface area contributed by atoms with Crippen LogP contribution < -0.4 is 10.2 Å². The van der Waals surface area contributed by atoms with Crippen molar-refractivity contribution in [1.29, 1.82) is 0 Å². The number of rotatable bonds is 6. The molecule has 0 radical (unpaired) electrons. The third-order valence-corrected chi connectivity index (χ3v) is 7.42. The number of piperidine rings is 1. The molecular weight excluding hydrogens is 573 g/mol. The quantitative estimate of drug-likeness (QED) is 0.353. The maximum Gasteiger partial charge on any atom is 0.423 e. The average molecular weight is 597 g/mol. The summed E-state index contributed by atoms with van der Waals surface area (Å²) in [4.78, 5) is 17.8. The van der Waals surface area contributed by atoms with E-state index >= 15 is 0 Å². The van der Waals surface area contributed by atoms with Gasteiger partial charge in [-0.1, -0.05) is 35.3 Å². The van der Waals surface area contributed by atoms with Crippen LogP contribution in [0.2, 0.25) is 10.0 Å². The number of benzene rings is 2. The van der Waals surface area contributed by atoms with Gasteiger partial charge < -0.3 is 19.9 Å². The fraction of sp³-hybridized carbons (Fsp3) is 0.440. The molecule has 2 N–H and O–H groups in total. The maximum atomic E-state index is 13.3. The smallest absolute Gasteiger partial charge is 0.376 e. The molecule has 2 atom stereocenters.